The average molecular weight is 300 g/mol. The molecule has 118 valence electrons. The molecule has 2 aromatic heterocycles. The van der Waals surface area contributed by atoms with E-state index in [0.29, 0.717) is 12.0 Å². The van der Waals surface area contributed by atoms with Crippen LogP contribution in [0.1, 0.15) is 31.6 Å². The molecule has 2 atom stereocenters. The van der Waals surface area contributed by atoms with Crippen molar-refractivity contribution in [3.8, 4) is 0 Å². The zero-order chi connectivity index (χ0) is 14.9. The van der Waals surface area contributed by atoms with Gasteiger partial charge < -0.3 is 14.2 Å². The number of nitrogens with zero attached hydrogens (tertiary/aromatic N) is 4. The molecule has 2 aliphatic rings. The van der Waals surface area contributed by atoms with E-state index in [-0.39, 0.29) is 0 Å². The van der Waals surface area contributed by atoms with Gasteiger partial charge in [0.25, 0.3) is 0 Å². The first-order chi connectivity index (χ1) is 10.8. The average Bonchev–Trinajstić information content (AvgIpc) is 3.25. The summed E-state index contributed by atoms with van der Waals surface area (Å²) in [6, 6.07) is 4.58. The van der Waals surface area contributed by atoms with E-state index < -0.39 is 0 Å². The summed E-state index contributed by atoms with van der Waals surface area (Å²) in [6.45, 7) is 7.44. The van der Waals surface area contributed by atoms with Gasteiger partial charge in [-0.15, -0.1) is 0 Å². The number of imidazole rings is 1. The number of hydrogen-bond donors (Lipinski definition) is 0. The molecule has 4 heterocycles. The topological polar surface area (TPSA) is 43.2 Å². The SMILES string of the molecule is CCN1CCC(n2c(CC3CCOC3)nc3cccnc32)C1. The van der Waals surface area contributed by atoms with Crippen LogP contribution in [0.3, 0.4) is 0 Å². The van der Waals surface area contributed by atoms with Crippen LogP contribution in [-0.4, -0.2) is 52.3 Å². The van der Waals surface area contributed by atoms with Gasteiger partial charge in [0.15, 0.2) is 5.65 Å². The van der Waals surface area contributed by atoms with Crippen molar-refractivity contribution in [1.29, 1.82) is 0 Å². The van der Waals surface area contributed by atoms with Crippen molar-refractivity contribution in [1.82, 2.24) is 19.4 Å². The lowest BCUT2D eigenvalue weighted by Crippen LogP contribution is -2.22. The number of fused-ring (bicyclic) bond motifs is 1. The van der Waals surface area contributed by atoms with E-state index >= 15 is 0 Å². The van der Waals surface area contributed by atoms with Crippen LogP contribution < -0.4 is 0 Å². The smallest absolute Gasteiger partial charge is 0.160 e. The molecule has 0 spiro atoms. The second-order valence-electron chi connectivity index (χ2n) is 6.51. The van der Waals surface area contributed by atoms with Crippen LogP contribution in [0.2, 0.25) is 0 Å². The first kappa shape index (κ1) is 14.2. The molecule has 0 N–H and O–H groups in total. The summed E-state index contributed by atoms with van der Waals surface area (Å²) in [5.41, 5.74) is 2.09. The van der Waals surface area contributed by atoms with E-state index in [1.165, 1.54) is 18.8 Å². The minimum Gasteiger partial charge on any atom is -0.381 e. The van der Waals surface area contributed by atoms with Gasteiger partial charge in [0.1, 0.15) is 11.3 Å². The molecule has 2 fully saturated rings. The third-order valence-electron chi connectivity index (χ3n) is 5.08. The molecular weight excluding hydrogens is 276 g/mol. The van der Waals surface area contributed by atoms with Crippen LogP contribution in [0.4, 0.5) is 0 Å². The van der Waals surface area contributed by atoms with E-state index in [2.05, 4.69) is 27.4 Å². The molecule has 5 nitrogen and oxygen atoms in total. The molecule has 0 aromatic carbocycles. The van der Waals surface area contributed by atoms with Crippen LogP contribution in [0.25, 0.3) is 11.2 Å². The lowest BCUT2D eigenvalue weighted by Gasteiger charge is -2.18. The molecule has 2 unspecified atom stereocenters. The molecule has 0 amide bonds. The molecule has 0 bridgehead atoms. The molecule has 5 heteroatoms. The van der Waals surface area contributed by atoms with Gasteiger partial charge in [-0.1, -0.05) is 6.92 Å². The Kier molecular flexibility index (Phi) is 3.84. The number of rotatable bonds is 4. The van der Waals surface area contributed by atoms with Gasteiger partial charge in [0, 0.05) is 38.9 Å². The van der Waals surface area contributed by atoms with Crippen LogP contribution in [0.15, 0.2) is 18.3 Å². The number of likely N-dealkylation sites (tertiary alicyclic amines) is 1. The van der Waals surface area contributed by atoms with Gasteiger partial charge in [-0.25, -0.2) is 9.97 Å². The first-order valence-electron chi connectivity index (χ1n) is 8.47. The predicted molar refractivity (Wildman–Crippen MR) is 85.9 cm³/mol. The van der Waals surface area contributed by atoms with Gasteiger partial charge in [-0.3, -0.25) is 0 Å². The van der Waals surface area contributed by atoms with Crippen molar-refractivity contribution in [2.45, 2.75) is 32.2 Å². The Morgan fingerprint density at radius 1 is 1.36 bits per heavy atom. The number of pyridine rings is 1. The van der Waals surface area contributed by atoms with E-state index in [9.17, 15) is 0 Å². The van der Waals surface area contributed by atoms with Crippen LogP contribution >= 0.6 is 0 Å². The normalized spacial score (nSPS) is 26.2. The second-order valence-corrected chi connectivity index (χ2v) is 6.51. The van der Waals surface area contributed by atoms with Gasteiger partial charge >= 0.3 is 0 Å². The Bertz CT molecular complexity index is 647. The predicted octanol–water partition coefficient (Wildman–Crippen LogP) is 2.28. The monoisotopic (exact) mass is 300 g/mol. The number of likely N-dealkylation sites (N-methyl/N-ethyl adjacent to an activating group) is 1. The maximum atomic E-state index is 5.54. The van der Waals surface area contributed by atoms with Crippen molar-refractivity contribution in [2.24, 2.45) is 5.92 Å². The number of aromatic nitrogens is 3. The highest BCUT2D eigenvalue weighted by Crippen LogP contribution is 2.29. The lowest BCUT2D eigenvalue weighted by atomic mass is 10.0. The fourth-order valence-electron chi connectivity index (χ4n) is 3.82. The highest BCUT2D eigenvalue weighted by atomic mass is 16.5. The van der Waals surface area contributed by atoms with Gasteiger partial charge in [0.2, 0.25) is 0 Å². The molecule has 0 radical (unpaired) electrons. The van der Waals surface area contributed by atoms with Gasteiger partial charge in [-0.2, -0.15) is 0 Å². The standard InChI is InChI=1S/C17H24N4O/c1-2-20-8-5-14(11-20)21-16(10-13-6-9-22-12-13)19-15-4-3-7-18-17(15)21/h3-4,7,13-14H,2,5-6,8-12H2,1H3. The lowest BCUT2D eigenvalue weighted by molar-refractivity contribution is 0.185. The maximum absolute atomic E-state index is 5.54. The van der Waals surface area contributed by atoms with Crippen molar-refractivity contribution in [3.05, 3.63) is 24.2 Å². The van der Waals surface area contributed by atoms with E-state index in [1.807, 2.05) is 12.3 Å². The highest BCUT2D eigenvalue weighted by molar-refractivity contribution is 5.71. The summed E-state index contributed by atoms with van der Waals surface area (Å²) in [5, 5.41) is 0. The zero-order valence-electron chi connectivity index (χ0n) is 13.2. The third-order valence-corrected chi connectivity index (χ3v) is 5.08. The molecule has 22 heavy (non-hydrogen) atoms. The Morgan fingerprint density at radius 3 is 3.09 bits per heavy atom. The fourth-order valence-corrected chi connectivity index (χ4v) is 3.82. The molecule has 2 saturated heterocycles. The fraction of sp³-hybridized carbons (Fsp3) is 0.647. The van der Waals surface area contributed by atoms with Crippen molar-refractivity contribution >= 4 is 11.2 Å². The van der Waals surface area contributed by atoms with Crippen molar-refractivity contribution < 1.29 is 4.74 Å². The van der Waals surface area contributed by atoms with Crippen LogP contribution in [0.5, 0.6) is 0 Å². The summed E-state index contributed by atoms with van der Waals surface area (Å²) in [7, 11) is 0. The van der Waals surface area contributed by atoms with Crippen molar-refractivity contribution in [3.63, 3.8) is 0 Å². The van der Waals surface area contributed by atoms with E-state index in [4.69, 9.17) is 9.72 Å². The minimum atomic E-state index is 0.511. The van der Waals surface area contributed by atoms with Gasteiger partial charge in [-0.05, 0) is 37.4 Å². The van der Waals surface area contributed by atoms with Crippen molar-refractivity contribution in [2.75, 3.05) is 32.8 Å². The quantitative estimate of drug-likeness (QED) is 0.869. The highest BCUT2D eigenvalue weighted by Gasteiger charge is 2.28. The second kappa shape index (κ2) is 5.97. The van der Waals surface area contributed by atoms with Gasteiger partial charge in [0.05, 0.1) is 6.04 Å². The molecular formula is C17H24N4O. The molecule has 4 rings (SSSR count). The van der Waals surface area contributed by atoms with Crippen LogP contribution in [-0.2, 0) is 11.2 Å². The summed E-state index contributed by atoms with van der Waals surface area (Å²) >= 11 is 0. The van der Waals surface area contributed by atoms with E-state index in [0.717, 1.165) is 50.3 Å². The van der Waals surface area contributed by atoms with Crippen LogP contribution in [0, 0.1) is 5.92 Å². The largest absolute Gasteiger partial charge is 0.381 e. The Labute approximate surface area is 131 Å². The Morgan fingerprint density at radius 2 is 2.32 bits per heavy atom. The Balaban J connectivity index is 1.70. The molecule has 2 aromatic rings. The summed E-state index contributed by atoms with van der Waals surface area (Å²) < 4.78 is 7.96. The summed E-state index contributed by atoms with van der Waals surface area (Å²) in [5.74, 6) is 1.81. The third kappa shape index (κ3) is 2.52. The number of hydrogen-bond acceptors (Lipinski definition) is 4. The summed E-state index contributed by atoms with van der Waals surface area (Å²) in [6.07, 6.45) is 5.25. The first-order valence-corrected chi connectivity index (χ1v) is 8.47. The zero-order valence-corrected chi connectivity index (χ0v) is 13.2. The van der Waals surface area contributed by atoms with E-state index in [1.54, 1.807) is 0 Å². The molecule has 0 saturated carbocycles. The molecule has 2 aliphatic heterocycles. The maximum Gasteiger partial charge on any atom is 0.160 e. The minimum absolute atomic E-state index is 0.511. The number of ether oxygens (including phenoxy) is 1. The molecule has 0 aliphatic carbocycles. The summed E-state index contributed by atoms with van der Waals surface area (Å²) in [4.78, 5) is 12.0. The Hall–Kier alpha value is -1.46.